The van der Waals surface area contributed by atoms with Crippen molar-refractivity contribution in [1.29, 1.82) is 0 Å². The molecule has 0 unspecified atom stereocenters. The van der Waals surface area contributed by atoms with E-state index in [2.05, 4.69) is 26.1 Å². The summed E-state index contributed by atoms with van der Waals surface area (Å²) in [5.74, 6) is 0.537. The predicted molar refractivity (Wildman–Crippen MR) is 90.3 cm³/mol. The van der Waals surface area contributed by atoms with Crippen LogP contribution in [0.25, 0.3) is 0 Å². The Morgan fingerprint density at radius 1 is 1.00 bits per heavy atom. The first-order valence-electron chi connectivity index (χ1n) is 7.50. The highest BCUT2D eigenvalue weighted by atomic mass is 16.5. The average molecular weight is 297 g/mol. The second-order valence-electron chi connectivity index (χ2n) is 6.36. The van der Waals surface area contributed by atoms with Crippen LogP contribution in [0.2, 0.25) is 0 Å². The Labute approximate surface area is 132 Å². The Morgan fingerprint density at radius 3 is 2.23 bits per heavy atom. The van der Waals surface area contributed by atoms with E-state index in [-0.39, 0.29) is 11.3 Å². The average Bonchev–Trinajstić information content (AvgIpc) is 2.47. The molecule has 116 valence electrons. The molecule has 22 heavy (non-hydrogen) atoms. The number of benzene rings is 2. The van der Waals surface area contributed by atoms with Crippen LogP contribution in [-0.4, -0.2) is 12.0 Å². The summed E-state index contributed by atoms with van der Waals surface area (Å²) in [6.45, 7) is 8.13. The van der Waals surface area contributed by atoms with Crippen molar-refractivity contribution in [2.45, 2.75) is 39.2 Å². The normalized spacial score (nSPS) is 12.5. The summed E-state index contributed by atoms with van der Waals surface area (Å²) in [7, 11) is 0. The molecule has 0 spiro atoms. The zero-order valence-corrected chi connectivity index (χ0v) is 13.6. The van der Waals surface area contributed by atoms with Gasteiger partial charge in [0.15, 0.2) is 6.10 Å². The fraction of sp³-hybridized carbons (Fsp3) is 0.316. The number of nitrogens with one attached hydrogen (secondary N) is 1. The molecule has 0 saturated heterocycles. The van der Waals surface area contributed by atoms with Gasteiger partial charge in [-0.1, -0.05) is 57.2 Å². The molecular formula is C19H23NO2. The van der Waals surface area contributed by atoms with Crippen molar-refractivity contribution in [3.05, 3.63) is 60.2 Å². The highest BCUT2D eigenvalue weighted by molar-refractivity contribution is 5.95. The summed E-state index contributed by atoms with van der Waals surface area (Å²) in [6.07, 6.45) is -0.560. The first-order chi connectivity index (χ1) is 10.4. The van der Waals surface area contributed by atoms with Crippen molar-refractivity contribution in [3.63, 3.8) is 0 Å². The van der Waals surface area contributed by atoms with Gasteiger partial charge >= 0.3 is 0 Å². The number of hydrogen-bond acceptors (Lipinski definition) is 2. The molecule has 0 bridgehead atoms. The second kappa shape index (κ2) is 6.65. The molecule has 2 rings (SSSR count). The Kier molecular flexibility index (Phi) is 4.86. The first kappa shape index (κ1) is 16.1. The number of ether oxygens (including phenoxy) is 1. The molecule has 0 heterocycles. The first-order valence-corrected chi connectivity index (χ1v) is 7.50. The third-order valence-electron chi connectivity index (χ3n) is 3.42. The molecule has 0 radical (unpaired) electrons. The van der Waals surface area contributed by atoms with Crippen LogP contribution in [0.3, 0.4) is 0 Å². The summed E-state index contributed by atoms with van der Waals surface area (Å²) in [5.41, 5.74) is 1.91. The lowest BCUT2D eigenvalue weighted by molar-refractivity contribution is -0.122. The van der Waals surface area contributed by atoms with Gasteiger partial charge in [0, 0.05) is 5.69 Å². The molecule has 0 aliphatic heterocycles. The number of carbonyl (C=O) groups excluding carboxylic acids is 1. The minimum absolute atomic E-state index is 0.0343. The molecule has 3 nitrogen and oxygen atoms in total. The molecule has 2 aromatic rings. The van der Waals surface area contributed by atoms with Crippen molar-refractivity contribution in [2.24, 2.45) is 0 Å². The third kappa shape index (κ3) is 4.10. The number of hydrogen-bond donors (Lipinski definition) is 1. The zero-order valence-electron chi connectivity index (χ0n) is 13.6. The molecule has 1 N–H and O–H groups in total. The van der Waals surface area contributed by atoms with Crippen molar-refractivity contribution in [3.8, 4) is 5.75 Å². The minimum atomic E-state index is -0.560. The lowest BCUT2D eigenvalue weighted by atomic mass is 9.86. The van der Waals surface area contributed by atoms with E-state index >= 15 is 0 Å². The van der Waals surface area contributed by atoms with Gasteiger partial charge in [0.1, 0.15) is 5.75 Å². The summed E-state index contributed by atoms with van der Waals surface area (Å²) < 4.78 is 5.66. The molecule has 0 saturated carbocycles. The smallest absolute Gasteiger partial charge is 0.265 e. The van der Waals surface area contributed by atoms with Crippen LogP contribution in [-0.2, 0) is 10.2 Å². The molecule has 0 fully saturated rings. The number of carbonyl (C=O) groups is 1. The van der Waals surface area contributed by atoms with Gasteiger partial charge in [-0.15, -0.1) is 0 Å². The molecule has 1 atom stereocenters. The van der Waals surface area contributed by atoms with Crippen molar-refractivity contribution >= 4 is 11.6 Å². The van der Waals surface area contributed by atoms with Gasteiger partial charge in [-0.2, -0.15) is 0 Å². The monoisotopic (exact) mass is 297 g/mol. The maximum atomic E-state index is 12.4. The predicted octanol–water partition coefficient (Wildman–Crippen LogP) is 4.39. The standard InChI is InChI=1S/C19H23NO2/c1-14(22-15-10-6-5-7-11-15)18(21)20-17-13-9-8-12-16(17)19(2,3)4/h5-14H,1-4H3,(H,20,21)/t14-/m0/s1. The summed E-state index contributed by atoms with van der Waals surface area (Å²) in [6, 6.07) is 17.2. The van der Waals surface area contributed by atoms with Gasteiger partial charge in [-0.25, -0.2) is 0 Å². The van der Waals surface area contributed by atoms with Gasteiger partial charge in [0.2, 0.25) is 0 Å². The molecular weight excluding hydrogens is 274 g/mol. The van der Waals surface area contributed by atoms with Gasteiger partial charge in [0.25, 0.3) is 5.91 Å². The Bertz CT molecular complexity index is 629. The number of amides is 1. The van der Waals surface area contributed by atoms with E-state index in [0.717, 1.165) is 11.3 Å². The van der Waals surface area contributed by atoms with Crippen LogP contribution in [0.5, 0.6) is 5.75 Å². The van der Waals surface area contributed by atoms with E-state index in [1.807, 2.05) is 54.6 Å². The Morgan fingerprint density at radius 2 is 1.59 bits per heavy atom. The fourth-order valence-electron chi connectivity index (χ4n) is 2.24. The van der Waals surface area contributed by atoms with E-state index in [1.165, 1.54) is 0 Å². The number of para-hydroxylation sites is 2. The third-order valence-corrected chi connectivity index (χ3v) is 3.42. The van der Waals surface area contributed by atoms with Crippen molar-refractivity contribution in [1.82, 2.24) is 0 Å². The van der Waals surface area contributed by atoms with E-state index in [9.17, 15) is 4.79 Å². The van der Waals surface area contributed by atoms with Crippen LogP contribution in [0.15, 0.2) is 54.6 Å². The summed E-state index contributed by atoms with van der Waals surface area (Å²) in [5, 5.41) is 2.97. The van der Waals surface area contributed by atoms with Crippen molar-refractivity contribution < 1.29 is 9.53 Å². The lowest BCUT2D eigenvalue weighted by Gasteiger charge is -2.24. The van der Waals surface area contributed by atoms with Gasteiger partial charge < -0.3 is 10.1 Å². The van der Waals surface area contributed by atoms with E-state index in [1.54, 1.807) is 6.92 Å². The topological polar surface area (TPSA) is 38.3 Å². The van der Waals surface area contributed by atoms with Crippen LogP contribution < -0.4 is 10.1 Å². The van der Waals surface area contributed by atoms with Crippen LogP contribution >= 0.6 is 0 Å². The van der Waals surface area contributed by atoms with Gasteiger partial charge in [0.05, 0.1) is 0 Å². The Balaban J connectivity index is 2.09. The molecule has 1 amide bonds. The van der Waals surface area contributed by atoms with E-state index in [4.69, 9.17) is 4.74 Å². The summed E-state index contributed by atoms with van der Waals surface area (Å²) >= 11 is 0. The van der Waals surface area contributed by atoms with E-state index < -0.39 is 6.10 Å². The molecule has 0 aliphatic carbocycles. The largest absolute Gasteiger partial charge is 0.481 e. The highest BCUT2D eigenvalue weighted by Gasteiger charge is 2.21. The minimum Gasteiger partial charge on any atom is -0.481 e. The number of rotatable bonds is 4. The van der Waals surface area contributed by atoms with Crippen LogP contribution in [0, 0.1) is 0 Å². The zero-order chi connectivity index (χ0) is 16.2. The van der Waals surface area contributed by atoms with Gasteiger partial charge in [-0.3, -0.25) is 4.79 Å². The Hall–Kier alpha value is -2.29. The fourth-order valence-corrected chi connectivity index (χ4v) is 2.24. The molecule has 2 aromatic carbocycles. The molecule has 0 aliphatic rings. The maximum Gasteiger partial charge on any atom is 0.265 e. The second-order valence-corrected chi connectivity index (χ2v) is 6.36. The quantitative estimate of drug-likeness (QED) is 0.909. The SMILES string of the molecule is C[C@H](Oc1ccccc1)C(=O)Nc1ccccc1C(C)(C)C. The summed E-state index contributed by atoms with van der Waals surface area (Å²) in [4.78, 5) is 12.4. The number of anilines is 1. The van der Waals surface area contributed by atoms with E-state index in [0.29, 0.717) is 5.75 Å². The highest BCUT2D eigenvalue weighted by Crippen LogP contribution is 2.29. The molecule has 3 heteroatoms. The maximum absolute atomic E-state index is 12.4. The van der Waals surface area contributed by atoms with Crippen molar-refractivity contribution in [2.75, 3.05) is 5.32 Å². The molecule has 0 aromatic heterocycles. The van der Waals surface area contributed by atoms with Crippen LogP contribution in [0.1, 0.15) is 33.3 Å². The lowest BCUT2D eigenvalue weighted by Crippen LogP contribution is -2.31. The van der Waals surface area contributed by atoms with Crippen LogP contribution in [0.4, 0.5) is 5.69 Å². The van der Waals surface area contributed by atoms with Gasteiger partial charge in [-0.05, 0) is 36.1 Å².